The van der Waals surface area contributed by atoms with Crippen molar-refractivity contribution >= 4 is 15.9 Å². The number of carbonyl (C=O) groups is 1. The Labute approximate surface area is 226 Å². The first kappa shape index (κ1) is 26.6. The van der Waals surface area contributed by atoms with Crippen molar-refractivity contribution in [3.8, 4) is 0 Å². The number of piperidine rings is 1. The Morgan fingerprint density at radius 1 is 0.789 bits per heavy atom. The molecule has 0 radical (unpaired) electrons. The Morgan fingerprint density at radius 2 is 1.37 bits per heavy atom. The first-order chi connectivity index (χ1) is 18.4. The van der Waals surface area contributed by atoms with Crippen molar-refractivity contribution in [3.63, 3.8) is 0 Å². The van der Waals surface area contributed by atoms with Gasteiger partial charge in [-0.2, -0.15) is 0 Å². The Kier molecular flexibility index (Phi) is 8.27. The maximum atomic E-state index is 13.4. The van der Waals surface area contributed by atoms with Crippen molar-refractivity contribution in [3.05, 3.63) is 107 Å². The molecule has 5 rings (SSSR count). The number of hydrogen-bond donors (Lipinski definition) is 0. The van der Waals surface area contributed by atoms with Gasteiger partial charge in [0.2, 0.25) is 15.9 Å². The molecular weight excluding hydrogens is 494 g/mol. The van der Waals surface area contributed by atoms with Crippen LogP contribution in [0.5, 0.6) is 0 Å². The number of aryl methyl sites for hydroxylation is 1. The van der Waals surface area contributed by atoms with E-state index in [0.717, 1.165) is 24.2 Å². The smallest absolute Gasteiger partial charge is 0.225 e. The van der Waals surface area contributed by atoms with E-state index >= 15 is 0 Å². The summed E-state index contributed by atoms with van der Waals surface area (Å²) >= 11 is 0. The highest BCUT2D eigenvalue weighted by Gasteiger charge is 2.35. The fourth-order valence-electron chi connectivity index (χ4n) is 5.83. The summed E-state index contributed by atoms with van der Waals surface area (Å²) in [4.78, 5) is 17.9. The third-order valence-electron chi connectivity index (χ3n) is 7.85. The first-order valence-corrected chi connectivity index (χ1v) is 15.2. The summed E-state index contributed by atoms with van der Waals surface area (Å²) in [6, 6.07) is 28.9. The van der Waals surface area contributed by atoms with Crippen molar-refractivity contribution < 1.29 is 13.2 Å². The second-order valence-electron chi connectivity index (χ2n) is 10.5. The van der Waals surface area contributed by atoms with Crippen LogP contribution in [0.3, 0.4) is 0 Å². The van der Waals surface area contributed by atoms with E-state index in [9.17, 15) is 13.2 Å². The molecule has 38 heavy (non-hydrogen) atoms. The van der Waals surface area contributed by atoms with E-state index in [1.165, 1.54) is 11.1 Å². The highest BCUT2D eigenvalue weighted by atomic mass is 32.2. The molecule has 200 valence electrons. The summed E-state index contributed by atoms with van der Waals surface area (Å²) in [6.07, 6.45) is 1.17. The Balaban J connectivity index is 1.17. The van der Waals surface area contributed by atoms with Crippen LogP contribution in [0.25, 0.3) is 0 Å². The quantitative estimate of drug-likeness (QED) is 0.451. The number of benzene rings is 3. The van der Waals surface area contributed by atoms with Crippen molar-refractivity contribution in [2.75, 3.05) is 39.3 Å². The highest BCUT2D eigenvalue weighted by Crippen LogP contribution is 2.30. The number of sulfonamides is 1. The first-order valence-electron chi connectivity index (χ1n) is 13.6. The molecule has 3 aromatic carbocycles. The van der Waals surface area contributed by atoms with E-state index < -0.39 is 10.0 Å². The molecule has 0 unspecified atom stereocenters. The molecule has 2 aliphatic heterocycles. The molecule has 2 saturated heterocycles. The van der Waals surface area contributed by atoms with Gasteiger partial charge < -0.3 is 4.90 Å². The van der Waals surface area contributed by atoms with Gasteiger partial charge in [-0.05, 0) is 36.5 Å². The van der Waals surface area contributed by atoms with Gasteiger partial charge in [0.05, 0.1) is 11.8 Å². The molecule has 0 aromatic heterocycles. The molecule has 6 nitrogen and oxygen atoms in total. The van der Waals surface area contributed by atoms with Crippen LogP contribution in [0, 0.1) is 12.8 Å². The summed E-state index contributed by atoms with van der Waals surface area (Å²) in [6.45, 7) is 5.80. The molecule has 0 aliphatic carbocycles. The SMILES string of the molecule is Cc1cccc(CS(=O)(=O)N2CCC(C(=O)N3CCN(C(c4ccccc4)c4ccccc4)CC3)CC2)c1. The Morgan fingerprint density at radius 3 is 1.92 bits per heavy atom. The van der Waals surface area contributed by atoms with Crippen LogP contribution in [-0.2, 0) is 20.6 Å². The molecule has 3 aromatic rings. The molecule has 0 saturated carbocycles. The average Bonchev–Trinajstić information content (AvgIpc) is 2.94. The lowest BCUT2D eigenvalue weighted by molar-refractivity contribution is -0.138. The zero-order valence-corrected chi connectivity index (χ0v) is 22.9. The van der Waals surface area contributed by atoms with Crippen molar-refractivity contribution in [2.45, 2.75) is 31.6 Å². The van der Waals surface area contributed by atoms with E-state index in [4.69, 9.17) is 0 Å². The highest BCUT2D eigenvalue weighted by molar-refractivity contribution is 7.88. The second-order valence-corrected chi connectivity index (χ2v) is 12.5. The van der Waals surface area contributed by atoms with Crippen LogP contribution in [0.1, 0.15) is 41.1 Å². The van der Waals surface area contributed by atoms with Gasteiger partial charge in [0.1, 0.15) is 0 Å². The molecule has 2 aliphatic rings. The third kappa shape index (κ3) is 6.17. The summed E-state index contributed by atoms with van der Waals surface area (Å²) in [5, 5.41) is 0. The summed E-state index contributed by atoms with van der Waals surface area (Å²) < 4.78 is 27.6. The molecule has 0 N–H and O–H groups in total. The van der Waals surface area contributed by atoms with Gasteiger partial charge in [0.25, 0.3) is 0 Å². The average molecular weight is 532 g/mol. The lowest BCUT2D eigenvalue weighted by Crippen LogP contribution is -2.52. The topological polar surface area (TPSA) is 60.9 Å². The zero-order valence-electron chi connectivity index (χ0n) is 22.1. The standard InChI is InChI=1S/C31H37N3O3S/c1-25-9-8-10-26(23-25)24-38(36,37)34-17-15-29(16-18-34)31(35)33-21-19-32(20-22-33)30(27-11-4-2-5-12-27)28-13-6-3-7-14-28/h2-14,23,29-30H,15-22,24H2,1H3. The number of rotatable bonds is 7. The fourth-order valence-corrected chi connectivity index (χ4v) is 7.38. The van der Waals surface area contributed by atoms with Gasteiger partial charge in [-0.15, -0.1) is 0 Å². The van der Waals surface area contributed by atoms with Gasteiger partial charge in [-0.1, -0.05) is 90.5 Å². The van der Waals surface area contributed by atoms with E-state index in [1.807, 2.05) is 48.2 Å². The maximum Gasteiger partial charge on any atom is 0.225 e. The predicted octanol–water partition coefficient (Wildman–Crippen LogP) is 4.47. The maximum absolute atomic E-state index is 13.4. The monoisotopic (exact) mass is 531 g/mol. The van der Waals surface area contributed by atoms with Crippen molar-refractivity contribution in [1.29, 1.82) is 0 Å². The molecule has 1 amide bonds. The number of carbonyl (C=O) groups excluding carboxylic acids is 1. The summed E-state index contributed by atoms with van der Waals surface area (Å²) in [5.41, 5.74) is 4.39. The second kappa shape index (κ2) is 11.8. The van der Waals surface area contributed by atoms with Crippen LogP contribution in [0.2, 0.25) is 0 Å². The molecule has 7 heteroatoms. The third-order valence-corrected chi connectivity index (χ3v) is 9.70. The van der Waals surface area contributed by atoms with Gasteiger partial charge in [0, 0.05) is 45.2 Å². The number of amides is 1. The molecule has 0 spiro atoms. The Bertz CT molecular complexity index is 1280. The van der Waals surface area contributed by atoms with Crippen LogP contribution >= 0.6 is 0 Å². The van der Waals surface area contributed by atoms with Gasteiger partial charge in [-0.25, -0.2) is 12.7 Å². The largest absolute Gasteiger partial charge is 0.340 e. The molecule has 0 atom stereocenters. The number of piperazine rings is 1. The lowest BCUT2D eigenvalue weighted by Gasteiger charge is -2.41. The van der Waals surface area contributed by atoms with E-state index in [1.54, 1.807) is 4.31 Å². The molecule has 2 fully saturated rings. The fraction of sp³-hybridized carbons (Fsp3) is 0.387. The van der Waals surface area contributed by atoms with Crippen LogP contribution < -0.4 is 0 Å². The molecular formula is C31H37N3O3S. The number of nitrogens with zero attached hydrogens (tertiary/aromatic N) is 3. The Hall–Kier alpha value is -3.00. The van der Waals surface area contributed by atoms with Crippen molar-refractivity contribution in [2.24, 2.45) is 5.92 Å². The minimum Gasteiger partial charge on any atom is -0.340 e. The minimum atomic E-state index is -3.39. The van der Waals surface area contributed by atoms with Gasteiger partial charge in [-0.3, -0.25) is 9.69 Å². The van der Waals surface area contributed by atoms with Crippen LogP contribution in [0.4, 0.5) is 0 Å². The minimum absolute atomic E-state index is 0.0131. The zero-order chi connectivity index (χ0) is 26.5. The molecule has 0 bridgehead atoms. The van der Waals surface area contributed by atoms with Crippen LogP contribution in [-0.4, -0.2) is 67.7 Å². The van der Waals surface area contributed by atoms with E-state index in [0.29, 0.717) is 39.0 Å². The summed E-state index contributed by atoms with van der Waals surface area (Å²) in [5.74, 6) is 0.0848. The van der Waals surface area contributed by atoms with Gasteiger partial charge >= 0.3 is 0 Å². The van der Waals surface area contributed by atoms with E-state index in [2.05, 4.69) is 53.4 Å². The normalized spacial score (nSPS) is 18.1. The van der Waals surface area contributed by atoms with Crippen LogP contribution in [0.15, 0.2) is 84.9 Å². The van der Waals surface area contributed by atoms with Gasteiger partial charge in [0.15, 0.2) is 0 Å². The van der Waals surface area contributed by atoms with E-state index in [-0.39, 0.29) is 23.6 Å². The molecule has 2 heterocycles. The number of hydrogen-bond acceptors (Lipinski definition) is 4. The van der Waals surface area contributed by atoms with Crippen molar-refractivity contribution in [1.82, 2.24) is 14.1 Å². The lowest BCUT2D eigenvalue weighted by atomic mass is 9.95. The predicted molar refractivity (Wildman–Crippen MR) is 151 cm³/mol. The summed E-state index contributed by atoms with van der Waals surface area (Å²) in [7, 11) is -3.39.